The van der Waals surface area contributed by atoms with Crippen LogP contribution in [0.2, 0.25) is 0 Å². The Balaban J connectivity index is 0.000000385. The van der Waals surface area contributed by atoms with Gasteiger partial charge in [-0.3, -0.25) is 14.9 Å². The number of hydrogen-bond acceptors (Lipinski definition) is 4. The van der Waals surface area contributed by atoms with E-state index in [9.17, 15) is 13.2 Å². The zero-order valence-electron chi connectivity index (χ0n) is 7.49. The number of nitrogens with two attached hydrogens (primary N) is 1. The van der Waals surface area contributed by atoms with Crippen LogP contribution in [-0.4, -0.2) is 17.5 Å². The lowest BCUT2D eigenvalue weighted by Gasteiger charge is -2.01. The van der Waals surface area contributed by atoms with E-state index in [4.69, 9.17) is 23.4 Å². The van der Waals surface area contributed by atoms with Gasteiger partial charge in [0.2, 0.25) is 0 Å². The molecule has 0 fully saturated rings. The predicted octanol–water partition coefficient (Wildman–Crippen LogP) is 0.737. The number of nitrogens with one attached hydrogen (secondary N) is 1. The number of halogens is 3. The molecule has 0 aromatic heterocycles. The number of nitrogen functional groups attached to an aromatic ring is 1. The van der Waals surface area contributed by atoms with E-state index in [0.717, 1.165) is 6.07 Å². The fraction of sp³-hybridized carbons (Fsp3) is 0. The summed E-state index contributed by atoms with van der Waals surface area (Å²) in [5.74, 6) is 1.44. The Labute approximate surface area is 88.4 Å². The van der Waals surface area contributed by atoms with Crippen LogP contribution < -0.4 is 11.3 Å². The second-order valence-corrected chi connectivity index (χ2v) is 3.24. The highest BCUT2D eigenvalue weighted by atomic mass is 32.3. The SMILES string of the molecule is NNc1cc(F)cc(F)c1F.O=S(=O)(O)O. The van der Waals surface area contributed by atoms with E-state index in [1.165, 1.54) is 0 Å². The molecular weight excluding hydrogens is 253 g/mol. The van der Waals surface area contributed by atoms with Crippen LogP contribution in [0.1, 0.15) is 0 Å². The van der Waals surface area contributed by atoms with Gasteiger partial charge in [0, 0.05) is 12.1 Å². The first-order valence-electron chi connectivity index (χ1n) is 3.46. The fourth-order valence-electron chi connectivity index (χ4n) is 0.661. The third kappa shape index (κ3) is 6.19. The fourth-order valence-corrected chi connectivity index (χ4v) is 0.661. The van der Waals surface area contributed by atoms with Crippen molar-refractivity contribution in [3.05, 3.63) is 29.6 Å². The Morgan fingerprint density at radius 2 is 1.62 bits per heavy atom. The molecule has 1 rings (SSSR count). The molecule has 0 radical (unpaired) electrons. The Bertz CT molecular complexity index is 457. The van der Waals surface area contributed by atoms with Gasteiger partial charge >= 0.3 is 10.4 Å². The maximum Gasteiger partial charge on any atom is 0.394 e. The zero-order chi connectivity index (χ0) is 12.9. The number of hydrogen-bond donors (Lipinski definition) is 4. The van der Waals surface area contributed by atoms with Crippen molar-refractivity contribution < 1.29 is 30.7 Å². The molecule has 6 nitrogen and oxygen atoms in total. The van der Waals surface area contributed by atoms with E-state index >= 15 is 0 Å². The van der Waals surface area contributed by atoms with Crippen LogP contribution in [0.15, 0.2) is 12.1 Å². The Hall–Kier alpha value is -1.36. The quantitative estimate of drug-likeness (QED) is 0.256. The summed E-state index contributed by atoms with van der Waals surface area (Å²) in [6.07, 6.45) is 0. The summed E-state index contributed by atoms with van der Waals surface area (Å²) in [5, 5.41) is 0. The van der Waals surface area contributed by atoms with Crippen molar-refractivity contribution in [2.24, 2.45) is 5.84 Å². The smallest absolute Gasteiger partial charge is 0.321 e. The number of benzene rings is 1. The molecule has 0 bridgehead atoms. The summed E-state index contributed by atoms with van der Waals surface area (Å²) in [6.45, 7) is 0. The van der Waals surface area contributed by atoms with Crippen LogP contribution in [0.25, 0.3) is 0 Å². The first-order valence-corrected chi connectivity index (χ1v) is 4.86. The largest absolute Gasteiger partial charge is 0.394 e. The third-order valence-corrected chi connectivity index (χ3v) is 1.15. The van der Waals surface area contributed by atoms with E-state index < -0.39 is 33.5 Å². The summed E-state index contributed by atoms with van der Waals surface area (Å²) in [4.78, 5) is 0. The molecule has 1 aromatic carbocycles. The molecule has 0 amide bonds. The van der Waals surface area contributed by atoms with Gasteiger partial charge in [-0.1, -0.05) is 0 Å². The topological polar surface area (TPSA) is 113 Å². The van der Waals surface area contributed by atoms with Crippen molar-refractivity contribution in [3.63, 3.8) is 0 Å². The molecular formula is C6H7F3N2O4S. The summed E-state index contributed by atoms with van der Waals surface area (Å²) in [7, 11) is -4.67. The second-order valence-electron chi connectivity index (χ2n) is 2.34. The van der Waals surface area contributed by atoms with E-state index in [1.807, 2.05) is 5.43 Å². The lowest BCUT2D eigenvalue weighted by molar-refractivity contribution is 0.381. The van der Waals surface area contributed by atoms with E-state index in [1.54, 1.807) is 0 Å². The van der Waals surface area contributed by atoms with E-state index in [2.05, 4.69) is 0 Å². The Morgan fingerprint density at radius 1 is 1.19 bits per heavy atom. The van der Waals surface area contributed by atoms with Crippen LogP contribution in [-0.2, 0) is 10.4 Å². The van der Waals surface area contributed by atoms with Gasteiger partial charge in [-0.15, -0.1) is 0 Å². The van der Waals surface area contributed by atoms with Crippen molar-refractivity contribution >= 4 is 16.1 Å². The monoisotopic (exact) mass is 260 g/mol. The van der Waals surface area contributed by atoms with Gasteiger partial charge in [-0.25, -0.2) is 13.2 Å². The molecule has 0 saturated carbocycles. The van der Waals surface area contributed by atoms with Crippen LogP contribution in [0.5, 0.6) is 0 Å². The van der Waals surface area contributed by atoms with E-state index in [-0.39, 0.29) is 0 Å². The summed E-state index contributed by atoms with van der Waals surface area (Å²) in [5.41, 5.74) is 1.42. The van der Waals surface area contributed by atoms with Gasteiger partial charge in [0.15, 0.2) is 11.6 Å². The first kappa shape index (κ1) is 14.6. The molecule has 16 heavy (non-hydrogen) atoms. The summed E-state index contributed by atoms with van der Waals surface area (Å²) in [6, 6.07) is 1.20. The normalized spacial score (nSPS) is 10.4. The lowest BCUT2D eigenvalue weighted by atomic mass is 10.3. The third-order valence-electron chi connectivity index (χ3n) is 1.15. The highest BCUT2D eigenvalue weighted by molar-refractivity contribution is 7.79. The molecule has 0 unspecified atom stereocenters. The Morgan fingerprint density at radius 3 is 2.00 bits per heavy atom. The van der Waals surface area contributed by atoms with Crippen molar-refractivity contribution in [2.75, 3.05) is 5.43 Å². The van der Waals surface area contributed by atoms with Gasteiger partial charge in [-0.2, -0.15) is 8.42 Å². The van der Waals surface area contributed by atoms with Crippen molar-refractivity contribution in [3.8, 4) is 0 Å². The van der Waals surface area contributed by atoms with Crippen molar-refractivity contribution in [1.29, 1.82) is 0 Å². The summed E-state index contributed by atoms with van der Waals surface area (Å²) >= 11 is 0. The molecule has 0 aliphatic heterocycles. The van der Waals surface area contributed by atoms with Gasteiger partial charge in [-0.05, 0) is 0 Å². The maximum atomic E-state index is 12.5. The second kappa shape index (κ2) is 5.65. The number of rotatable bonds is 1. The van der Waals surface area contributed by atoms with Crippen LogP contribution in [0.3, 0.4) is 0 Å². The number of anilines is 1. The number of hydrazine groups is 1. The van der Waals surface area contributed by atoms with Crippen LogP contribution in [0, 0.1) is 17.5 Å². The molecule has 0 aliphatic rings. The van der Waals surface area contributed by atoms with Gasteiger partial charge < -0.3 is 5.43 Å². The van der Waals surface area contributed by atoms with Gasteiger partial charge in [0.05, 0.1) is 5.69 Å². The standard InChI is InChI=1S/C6H5F3N2.H2O4S/c7-3-1-4(8)6(9)5(2-3)11-10;1-5(2,3)4/h1-2,11H,10H2;(H2,1,2,3,4). The average Bonchev–Trinajstić information content (AvgIpc) is 2.08. The molecule has 0 spiro atoms. The highest BCUT2D eigenvalue weighted by Crippen LogP contribution is 2.17. The molecule has 0 atom stereocenters. The molecule has 10 heteroatoms. The van der Waals surface area contributed by atoms with Crippen LogP contribution in [0.4, 0.5) is 18.9 Å². The minimum Gasteiger partial charge on any atom is -0.321 e. The minimum absolute atomic E-state index is 0.400. The lowest BCUT2D eigenvalue weighted by Crippen LogP contribution is -2.09. The van der Waals surface area contributed by atoms with Crippen molar-refractivity contribution in [2.45, 2.75) is 0 Å². The summed E-state index contributed by atoms with van der Waals surface area (Å²) < 4.78 is 68.7. The zero-order valence-corrected chi connectivity index (χ0v) is 8.30. The highest BCUT2D eigenvalue weighted by Gasteiger charge is 2.08. The van der Waals surface area contributed by atoms with Gasteiger partial charge in [0.25, 0.3) is 0 Å². The first-order chi connectivity index (χ1) is 7.15. The van der Waals surface area contributed by atoms with Crippen molar-refractivity contribution in [1.82, 2.24) is 0 Å². The molecule has 0 saturated heterocycles. The Kier molecular flexibility index (Phi) is 5.17. The molecule has 92 valence electrons. The minimum atomic E-state index is -4.67. The molecule has 5 N–H and O–H groups in total. The predicted molar refractivity (Wildman–Crippen MR) is 48.3 cm³/mol. The maximum absolute atomic E-state index is 12.5. The molecule has 1 aromatic rings. The van der Waals surface area contributed by atoms with Gasteiger partial charge in [0.1, 0.15) is 5.82 Å². The van der Waals surface area contributed by atoms with E-state index in [0.29, 0.717) is 6.07 Å². The van der Waals surface area contributed by atoms with Crippen LogP contribution >= 0.6 is 0 Å². The molecule has 0 heterocycles. The molecule has 0 aliphatic carbocycles. The average molecular weight is 260 g/mol.